The van der Waals surface area contributed by atoms with Gasteiger partial charge in [-0.2, -0.15) is 0 Å². The van der Waals surface area contributed by atoms with Gasteiger partial charge in [0.1, 0.15) is 0 Å². The van der Waals surface area contributed by atoms with Crippen molar-refractivity contribution in [1.82, 2.24) is 0 Å². The predicted molar refractivity (Wildman–Crippen MR) is 70.4 cm³/mol. The molecule has 14 heavy (non-hydrogen) atoms. The molecule has 4 heteroatoms. The van der Waals surface area contributed by atoms with Gasteiger partial charge in [0.2, 0.25) is 0 Å². The maximum absolute atomic E-state index is 5.97. The van der Waals surface area contributed by atoms with Gasteiger partial charge in [0, 0.05) is 15.5 Å². The van der Waals surface area contributed by atoms with E-state index in [1.807, 2.05) is 0 Å². The van der Waals surface area contributed by atoms with E-state index in [9.17, 15) is 0 Å². The van der Waals surface area contributed by atoms with E-state index in [1.54, 1.807) is 23.1 Å². The second-order valence-corrected chi connectivity index (χ2v) is 5.83. The molecule has 1 aromatic heterocycles. The second-order valence-electron chi connectivity index (χ2n) is 2.88. The van der Waals surface area contributed by atoms with Crippen molar-refractivity contribution in [2.24, 2.45) is 0 Å². The Hall–Kier alpha value is 0.170. The fraction of sp³-hybridized carbons (Fsp3) is 0.200. The number of hydrogen-bond donors (Lipinski definition) is 1. The number of halogens is 1. The van der Waals surface area contributed by atoms with Crippen molar-refractivity contribution in [1.29, 1.82) is 0 Å². The summed E-state index contributed by atoms with van der Waals surface area (Å²) in [6.45, 7) is 0. The van der Waals surface area contributed by atoms with Gasteiger partial charge in [-0.15, -0.1) is 47.3 Å². The molecule has 0 atom stereocenters. The third-order valence-corrected chi connectivity index (χ3v) is 4.59. The second kappa shape index (κ2) is 4.35. The lowest BCUT2D eigenvalue weighted by Gasteiger charge is -2.04. The summed E-state index contributed by atoms with van der Waals surface area (Å²) >= 11 is 13.8. The van der Waals surface area contributed by atoms with Gasteiger partial charge in [-0.05, 0) is 29.3 Å². The third-order valence-electron chi connectivity index (χ3n) is 2.09. The van der Waals surface area contributed by atoms with E-state index in [1.165, 1.54) is 20.5 Å². The van der Waals surface area contributed by atoms with Crippen LogP contribution in [0.1, 0.15) is 5.56 Å². The summed E-state index contributed by atoms with van der Waals surface area (Å²) in [6.07, 6.45) is 2.08. The summed E-state index contributed by atoms with van der Waals surface area (Å²) in [4.78, 5) is 1.27. The molecule has 0 saturated carbocycles. The molecule has 0 fully saturated rings. The Kier molecular flexibility index (Phi) is 3.32. The highest BCUT2D eigenvalue weighted by Crippen LogP contribution is 2.36. The normalized spacial score (nSPS) is 11.1. The van der Waals surface area contributed by atoms with Gasteiger partial charge >= 0.3 is 0 Å². The summed E-state index contributed by atoms with van der Waals surface area (Å²) in [5.41, 5.74) is 1.24. The molecule has 0 aliphatic heterocycles. The fourth-order valence-corrected chi connectivity index (χ4v) is 3.93. The monoisotopic (exact) mass is 260 g/mol. The molecule has 1 aromatic carbocycles. The maximum Gasteiger partial charge on any atom is 0.0580 e. The van der Waals surface area contributed by atoms with Gasteiger partial charge in [0.25, 0.3) is 0 Å². The number of thiophene rings is 1. The molecule has 74 valence electrons. The molecular weight excluding hydrogens is 252 g/mol. The van der Waals surface area contributed by atoms with Gasteiger partial charge in [0.15, 0.2) is 0 Å². The summed E-state index contributed by atoms with van der Waals surface area (Å²) in [5, 5.41) is 1.24. The van der Waals surface area contributed by atoms with Crippen LogP contribution < -0.4 is 0 Å². The molecule has 0 spiro atoms. The molecule has 2 aromatic rings. The van der Waals surface area contributed by atoms with Crippen LogP contribution in [0.2, 0.25) is 0 Å². The first-order chi connectivity index (χ1) is 6.76. The van der Waals surface area contributed by atoms with Crippen molar-refractivity contribution >= 4 is 57.4 Å². The number of thioether (sulfide) groups is 1. The summed E-state index contributed by atoms with van der Waals surface area (Å²) < 4.78 is 2.32. The van der Waals surface area contributed by atoms with Crippen LogP contribution in [0.15, 0.2) is 27.3 Å². The van der Waals surface area contributed by atoms with Gasteiger partial charge in [-0.1, -0.05) is 6.07 Å². The highest BCUT2D eigenvalue weighted by molar-refractivity contribution is 7.98. The van der Waals surface area contributed by atoms with E-state index in [4.69, 9.17) is 11.6 Å². The fourth-order valence-electron chi connectivity index (χ4n) is 1.45. The van der Waals surface area contributed by atoms with E-state index < -0.39 is 0 Å². The Balaban J connectivity index is 2.75. The third kappa shape index (κ3) is 1.78. The molecule has 0 radical (unpaired) electrons. The van der Waals surface area contributed by atoms with Crippen molar-refractivity contribution in [3.63, 3.8) is 0 Å². The molecule has 0 nitrogen and oxygen atoms in total. The number of benzene rings is 1. The van der Waals surface area contributed by atoms with Crippen molar-refractivity contribution in [3.8, 4) is 0 Å². The smallest absolute Gasteiger partial charge is 0.0580 e. The molecule has 1 heterocycles. The van der Waals surface area contributed by atoms with Gasteiger partial charge in [-0.25, -0.2) is 0 Å². The number of thiol groups is 1. The van der Waals surface area contributed by atoms with Crippen LogP contribution in [0.4, 0.5) is 0 Å². The molecule has 2 rings (SSSR count). The quantitative estimate of drug-likeness (QED) is 0.466. The SMILES string of the molecule is CSc1ccc2cc(S)sc2c1CCl. The Morgan fingerprint density at radius 3 is 2.93 bits per heavy atom. The summed E-state index contributed by atoms with van der Waals surface area (Å²) in [6, 6.07) is 6.35. The van der Waals surface area contributed by atoms with Crippen molar-refractivity contribution in [2.45, 2.75) is 15.0 Å². The minimum absolute atomic E-state index is 0.571. The highest BCUT2D eigenvalue weighted by Gasteiger charge is 2.08. The Morgan fingerprint density at radius 2 is 2.29 bits per heavy atom. The molecule has 0 amide bonds. The lowest BCUT2D eigenvalue weighted by molar-refractivity contribution is 1.31. The summed E-state index contributed by atoms with van der Waals surface area (Å²) in [7, 11) is 0. The minimum Gasteiger partial charge on any atom is -0.133 e. The van der Waals surface area contributed by atoms with E-state index >= 15 is 0 Å². The first kappa shape index (κ1) is 10.7. The van der Waals surface area contributed by atoms with Crippen molar-refractivity contribution < 1.29 is 0 Å². The van der Waals surface area contributed by atoms with Crippen molar-refractivity contribution in [2.75, 3.05) is 6.26 Å². The Bertz CT molecular complexity index is 462. The minimum atomic E-state index is 0.571. The zero-order valence-electron chi connectivity index (χ0n) is 7.58. The zero-order chi connectivity index (χ0) is 10.1. The van der Waals surface area contributed by atoms with Crippen molar-refractivity contribution in [3.05, 3.63) is 23.8 Å². The van der Waals surface area contributed by atoms with Crippen LogP contribution in [0, 0.1) is 0 Å². The molecule has 0 bridgehead atoms. The van der Waals surface area contributed by atoms with Crippen LogP contribution in [-0.2, 0) is 5.88 Å². The largest absolute Gasteiger partial charge is 0.133 e. The molecule has 0 aliphatic rings. The Morgan fingerprint density at radius 1 is 1.50 bits per heavy atom. The van der Waals surface area contributed by atoms with Crippen LogP contribution in [0.25, 0.3) is 10.1 Å². The summed E-state index contributed by atoms with van der Waals surface area (Å²) in [5.74, 6) is 0.571. The number of rotatable bonds is 2. The molecular formula is C10H9ClS3. The van der Waals surface area contributed by atoms with Gasteiger partial charge < -0.3 is 0 Å². The average Bonchev–Trinajstić information content (AvgIpc) is 2.56. The highest BCUT2D eigenvalue weighted by atomic mass is 35.5. The first-order valence-electron chi connectivity index (χ1n) is 4.10. The van der Waals surface area contributed by atoms with Crippen LogP contribution >= 0.6 is 47.3 Å². The maximum atomic E-state index is 5.97. The van der Waals surface area contributed by atoms with Crippen LogP contribution in [-0.4, -0.2) is 6.26 Å². The predicted octanol–water partition coefficient (Wildman–Crippen LogP) is 4.65. The van der Waals surface area contributed by atoms with E-state index in [-0.39, 0.29) is 0 Å². The van der Waals surface area contributed by atoms with Gasteiger partial charge in [0.05, 0.1) is 4.21 Å². The van der Waals surface area contributed by atoms with Crippen LogP contribution in [0.5, 0.6) is 0 Å². The first-order valence-corrected chi connectivity index (χ1v) is 7.13. The zero-order valence-corrected chi connectivity index (χ0v) is 10.9. The number of fused-ring (bicyclic) bond motifs is 1. The lowest BCUT2D eigenvalue weighted by Crippen LogP contribution is -1.82. The topological polar surface area (TPSA) is 0 Å². The molecule has 0 aliphatic carbocycles. The number of hydrogen-bond acceptors (Lipinski definition) is 3. The van der Waals surface area contributed by atoms with E-state index in [0.717, 1.165) is 4.21 Å². The molecule has 0 saturated heterocycles. The van der Waals surface area contributed by atoms with Gasteiger partial charge in [-0.3, -0.25) is 0 Å². The number of alkyl halides is 1. The van der Waals surface area contributed by atoms with Crippen LogP contribution in [0.3, 0.4) is 0 Å². The van der Waals surface area contributed by atoms with E-state index in [0.29, 0.717) is 5.88 Å². The lowest BCUT2D eigenvalue weighted by atomic mass is 10.2. The molecule has 0 unspecified atom stereocenters. The Labute approximate surface area is 102 Å². The standard InChI is InChI=1S/C10H9ClS3/c1-13-8-3-2-6-4-9(12)14-10(6)7(8)5-11/h2-4,12H,5H2,1H3. The van der Waals surface area contributed by atoms with E-state index in [2.05, 4.69) is 37.1 Å². The molecule has 0 N–H and O–H groups in total. The average molecular weight is 261 g/mol.